The SMILES string of the molecule is CN(CCCOc1ccccc1Cl)C(=O)NC1(C(=O)O)CC1. The molecule has 1 aliphatic rings. The molecule has 0 spiro atoms. The van der Waals surface area contributed by atoms with Crippen LogP contribution in [-0.4, -0.2) is 47.7 Å². The number of nitrogens with one attached hydrogen (secondary N) is 1. The smallest absolute Gasteiger partial charge is 0.329 e. The number of hydrogen-bond acceptors (Lipinski definition) is 3. The summed E-state index contributed by atoms with van der Waals surface area (Å²) >= 11 is 5.97. The summed E-state index contributed by atoms with van der Waals surface area (Å²) in [6.45, 7) is 0.886. The molecule has 1 aliphatic carbocycles. The van der Waals surface area contributed by atoms with Crippen molar-refractivity contribution in [2.24, 2.45) is 0 Å². The highest BCUT2D eigenvalue weighted by Gasteiger charge is 2.52. The molecule has 22 heavy (non-hydrogen) atoms. The first-order valence-electron chi connectivity index (χ1n) is 7.09. The summed E-state index contributed by atoms with van der Waals surface area (Å²) in [6, 6.07) is 6.81. The maximum Gasteiger partial charge on any atom is 0.329 e. The first-order chi connectivity index (χ1) is 10.4. The molecule has 2 rings (SSSR count). The minimum Gasteiger partial charge on any atom is -0.492 e. The van der Waals surface area contributed by atoms with E-state index in [1.165, 1.54) is 4.90 Å². The van der Waals surface area contributed by atoms with E-state index in [0.717, 1.165) is 0 Å². The number of nitrogens with zero attached hydrogens (tertiary/aromatic N) is 1. The highest BCUT2D eigenvalue weighted by Crippen LogP contribution is 2.35. The van der Waals surface area contributed by atoms with Crippen LogP contribution < -0.4 is 10.1 Å². The topological polar surface area (TPSA) is 78.9 Å². The quantitative estimate of drug-likeness (QED) is 0.754. The molecule has 0 radical (unpaired) electrons. The van der Waals surface area contributed by atoms with Crippen molar-refractivity contribution in [3.63, 3.8) is 0 Å². The Kier molecular flexibility index (Phi) is 5.13. The Morgan fingerprint density at radius 1 is 1.41 bits per heavy atom. The van der Waals surface area contributed by atoms with Crippen LogP contribution in [0.1, 0.15) is 19.3 Å². The number of amides is 2. The molecule has 1 saturated carbocycles. The van der Waals surface area contributed by atoms with Gasteiger partial charge in [-0.05, 0) is 31.4 Å². The Labute approximate surface area is 134 Å². The first kappa shape index (κ1) is 16.4. The third-order valence-corrected chi connectivity index (χ3v) is 3.90. The van der Waals surface area contributed by atoms with Crippen LogP contribution in [0.2, 0.25) is 5.02 Å². The number of hydrogen-bond donors (Lipinski definition) is 2. The lowest BCUT2D eigenvalue weighted by Crippen LogP contribution is -2.48. The highest BCUT2D eigenvalue weighted by atomic mass is 35.5. The van der Waals surface area contributed by atoms with Gasteiger partial charge in [0.05, 0.1) is 11.6 Å². The highest BCUT2D eigenvalue weighted by molar-refractivity contribution is 6.32. The van der Waals surface area contributed by atoms with Gasteiger partial charge in [0.2, 0.25) is 0 Å². The predicted octanol–water partition coefficient (Wildman–Crippen LogP) is 2.37. The van der Waals surface area contributed by atoms with Crippen molar-refractivity contribution in [2.75, 3.05) is 20.2 Å². The number of carbonyl (C=O) groups excluding carboxylic acids is 1. The lowest BCUT2D eigenvalue weighted by atomic mass is 10.3. The van der Waals surface area contributed by atoms with Gasteiger partial charge in [-0.25, -0.2) is 9.59 Å². The van der Waals surface area contributed by atoms with Crippen LogP contribution in [0, 0.1) is 0 Å². The predicted molar refractivity (Wildman–Crippen MR) is 82.3 cm³/mol. The van der Waals surface area contributed by atoms with Crippen LogP contribution in [0.3, 0.4) is 0 Å². The Morgan fingerprint density at radius 3 is 2.68 bits per heavy atom. The standard InChI is InChI=1S/C15H19ClN2O4/c1-18(14(21)17-15(7-8-15)13(19)20)9-4-10-22-12-6-3-2-5-11(12)16/h2-3,5-6H,4,7-10H2,1H3,(H,17,21)(H,19,20). The van der Waals surface area contributed by atoms with Gasteiger partial charge in [0.1, 0.15) is 11.3 Å². The molecule has 120 valence electrons. The molecule has 0 unspecified atom stereocenters. The number of carboxylic acids is 1. The third-order valence-electron chi connectivity index (χ3n) is 3.58. The summed E-state index contributed by atoms with van der Waals surface area (Å²) in [5.74, 6) is -0.365. The van der Waals surface area contributed by atoms with Crippen LogP contribution >= 0.6 is 11.6 Å². The summed E-state index contributed by atoms with van der Waals surface area (Å²) in [4.78, 5) is 24.4. The van der Waals surface area contributed by atoms with Crippen molar-refractivity contribution in [3.8, 4) is 5.75 Å². The molecule has 1 aromatic carbocycles. The number of carboxylic acid groups (broad SMARTS) is 1. The van der Waals surface area contributed by atoms with Gasteiger partial charge in [0.25, 0.3) is 0 Å². The molecule has 0 heterocycles. The average Bonchev–Trinajstić information content (AvgIpc) is 3.26. The molecule has 1 aromatic rings. The Balaban J connectivity index is 1.69. The fourth-order valence-corrected chi connectivity index (χ4v) is 2.15. The lowest BCUT2D eigenvalue weighted by molar-refractivity contribution is -0.140. The second-order valence-electron chi connectivity index (χ2n) is 5.37. The summed E-state index contributed by atoms with van der Waals surface area (Å²) in [5.41, 5.74) is -1.06. The van der Waals surface area contributed by atoms with Crippen molar-refractivity contribution in [1.82, 2.24) is 10.2 Å². The number of halogens is 1. The van der Waals surface area contributed by atoms with Crippen LogP contribution in [0.25, 0.3) is 0 Å². The summed E-state index contributed by atoms with van der Waals surface area (Å²) in [6.07, 6.45) is 1.59. The van der Waals surface area contributed by atoms with E-state index < -0.39 is 11.5 Å². The average molecular weight is 327 g/mol. The van der Waals surface area contributed by atoms with Crippen LogP contribution in [0.4, 0.5) is 4.79 Å². The number of benzene rings is 1. The molecule has 0 aromatic heterocycles. The number of urea groups is 1. The lowest BCUT2D eigenvalue weighted by Gasteiger charge is -2.21. The molecule has 7 heteroatoms. The second kappa shape index (κ2) is 6.87. The summed E-state index contributed by atoms with van der Waals surface area (Å²) in [7, 11) is 1.63. The maximum atomic E-state index is 11.9. The van der Waals surface area contributed by atoms with Crippen LogP contribution in [-0.2, 0) is 4.79 Å². The molecule has 0 aliphatic heterocycles. The molecule has 0 atom stereocenters. The number of carbonyl (C=O) groups is 2. The van der Waals surface area contributed by atoms with E-state index in [0.29, 0.717) is 43.2 Å². The Hall–Kier alpha value is -1.95. The zero-order valence-electron chi connectivity index (χ0n) is 12.3. The van der Waals surface area contributed by atoms with Crippen molar-refractivity contribution in [3.05, 3.63) is 29.3 Å². The van der Waals surface area contributed by atoms with Gasteiger partial charge in [0.15, 0.2) is 0 Å². The van der Waals surface area contributed by atoms with E-state index in [1.807, 2.05) is 12.1 Å². The van der Waals surface area contributed by atoms with E-state index in [9.17, 15) is 9.59 Å². The summed E-state index contributed by atoms with van der Waals surface area (Å²) in [5, 5.41) is 12.1. The van der Waals surface area contributed by atoms with Gasteiger partial charge >= 0.3 is 12.0 Å². The number of ether oxygens (including phenoxy) is 1. The Morgan fingerprint density at radius 2 is 2.09 bits per heavy atom. The molecule has 0 saturated heterocycles. The van der Waals surface area contributed by atoms with E-state index >= 15 is 0 Å². The Bertz CT molecular complexity index is 560. The monoisotopic (exact) mass is 326 g/mol. The number of rotatable bonds is 7. The fraction of sp³-hybridized carbons (Fsp3) is 0.467. The van der Waals surface area contributed by atoms with Gasteiger partial charge in [-0.15, -0.1) is 0 Å². The molecule has 6 nitrogen and oxygen atoms in total. The van der Waals surface area contributed by atoms with Gasteiger partial charge < -0.3 is 20.1 Å². The zero-order valence-corrected chi connectivity index (χ0v) is 13.1. The van der Waals surface area contributed by atoms with Crippen molar-refractivity contribution in [1.29, 1.82) is 0 Å². The minimum absolute atomic E-state index is 0.377. The molecule has 2 N–H and O–H groups in total. The van der Waals surface area contributed by atoms with Gasteiger partial charge in [-0.1, -0.05) is 23.7 Å². The maximum absolute atomic E-state index is 11.9. The van der Waals surface area contributed by atoms with Crippen molar-refractivity contribution < 1.29 is 19.4 Å². The normalized spacial score (nSPS) is 15.0. The van der Waals surface area contributed by atoms with E-state index in [2.05, 4.69) is 5.32 Å². The van der Waals surface area contributed by atoms with Crippen molar-refractivity contribution >= 4 is 23.6 Å². The van der Waals surface area contributed by atoms with Crippen LogP contribution in [0.5, 0.6) is 5.75 Å². The molecular weight excluding hydrogens is 308 g/mol. The fourth-order valence-electron chi connectivity index (χ4n) is 1.96. The molecular formula is C15H19ClN2O4. The second-order valence-corrected chi connectivity index (χ2v) is 5.78. The van der Waals surface area contributed by atoms with Gasteiger partial charge in [-0.3, -0.25) is 0 Å². The molecule has 2 amide bonds. The minimum atomic E-state index is -1.06. The number of aliphatic carboxylic acids is 1. The van der Waals surface area contributed by atoms with Gasteiger partial charge in [0, 0.05) is 13.6 Å². The molecule has 0 bridgehead atoms. The van der Waals surface area contributed by atoms with E-state index in [4.69, 9.17) is 21.4 Å². The van der Waals surface area contributed by atoms with Crippen LogP contribution in [0.15, 0.2) is 24.3 Å². The first-order valence-corrected chi connectivity index (χ1v) is 7.46. The largest absolute Gasteiger partial charge is 0.492 e. The van der Waals surface area contributed by atoms with E-state index in [1.54, 1.807) is 19.2 Å². The molecule has 1 fully saturated rings. The number of para-hydroxylation sites is 1. The summed E-state index contributed by atoms with van der Waals surface area (Å²) < 4.78 is 5.53. The third kappa shape index (κ3) is 4.04. The van der Waals surface area contributed by atoms with Gasteiger partial charge in [-0.2, -0.15) is 0 Å². The van der Waals surface area contributed by atoms with Crippen molar-refractivity contribution in [2.45, 2.75) is 24.8 Å². The zero-order chi connectivity index (χ0) is 16.2. The van der Waals surface area contributed by atoms with E-state index in [-0.39, 0.29) is 6.03 Å².